The van der Waals surface area contributed by atoms with Gasteiger partial charge in [-0.3, -0.25) is 14.9 Å². The summed E-state index contributed by atoms with van der Waals surface area (Å²) in [5.74, 6) is -1.54. The van der Waals surface area contributed by atoms with Crippen molar-refractivity contribution in [3.05, 3.63) is 68.9 Å². The lowest BCUT2D eigenvalue weighted by molar-refractivity contribution is -0.384. The van der Waals surface area contributed by atoms with Crippen molar-refractivity contribution >= 4 is 46.0 Å². The molecular weight excluding hydrogens is 494 g/mol. The highest BCUT2D eigenvalue weighted by atomic mass is 35.5. The molecule has 0 aliphatic carbocycles. The Morgan fingerprint density at radius 1 is 1.11 bits per heavy atom. The van der Waals surface area contributed by atoms with Crippen molar-refractivity contribution in [2.24, 2.45) is 0 Å². The first kappa shape index (κ1) is 28.1. The maximum absolute atomic E-state index is 12.7. The number of nitrogens with zero attached hydrogens (tertiary/aromatic N) is 1. The zero-order valence-electron chi connectivity index (χ0n) is 20.1. The van der Waals surface area contributed by atoms with Gasteiger partial charge >= 0.3 is 11.9 Å². The fourth-order valence-electron chi connectivity index (χ4n) is 3.21. The smallest absolute Gasteiger partial charge is 0.343 e. The lowest BCUT2D eigenvalue weighted by Gasteiger charge is -2.16. The van der Waals surface area contributed by atoms with Gasteiger partial charge in [0, 0.05) is 35.2 Å². The van der Waals surface area contributed by atoms with Gasteiger partial charge in [0.05, 0.1) is 19.1 Å². The number of rotatable bonds is 9. The first-order valence-corrected chi connectivity index (χ1v) is 11.2. The van der Waals surface area contributed by atoms with E-state index < -0.39 is 34.5 Å². The van der Waals surface area contributed by atoms with Crippen molar-refractivity contribution in [1.29, 1.82) is 0 Å². The minimum absolute atomic E-state index is 0.0394. The Morgan fingerprint density at radius 3 is 2.47 bits per heavy atom. The zero-order chi connectivity index (χ0) is 26.8. The number of ether oxygens (including phenoxy) is 3. The van der Waals surface area contributed by atoms with Crippen molar-refractivity contribution in [2.45, 2.75) is 26.3 Å². The van der Waals surface area contributed by atoms with Crippen LogP contribution >= 0.6 is 11.6 Å². The van der Waals surface area contributed by atoms with Gasteiger partial charge in [-0.2, -0.15) is 0 Å². The average molecular weight is 520 g/mol. The van der Waals surface area contributed by atoms with Crippen LogP contribution < -0.4 is 10.1 Å². The summed E-state index contributed by atoms with van der Waals surface area (Å²) < 4.78 is 14.8. The van der Waals surface area contributed by atoms with Gasteiger partial charge in [0.1, 0.15) is 16.8 Å². The second-order valence-corrected chi connectivity index (χ2v) is 7.47. The number of carbonyl (C=O) groups excluding carboxylic acids is 3. The number of halogens is 1. The van der Waals surface area contributed by atoms with Gasteiger partial charge in [-0.15, -0.1) is 0 Å². The van der Waals surface area contributed by atoms with E-state index in [9.17, 15) is 24.5 Å². The van der Waals surface area contributed by atoms with Gasteiger partial charge in [0.2, 0.25) is 0 Å². The largest absolute Gasteiger partial charge is 0.482 e. The monoisotopic (exact) mass is 519 g/mol. The van der Waals surface area contributed by atoms with Crippen LogP contribution in [-0.4, -0.2) is 54.6 Å². The molecule has 1 aromatic heterocycles. The second-order valence-electron chi connectivity index (χ2n) is 7.06. The number of aromatic amines is 1. The number of nitro groups is 1. The predicted molar refractivity (Wildman–Crippen MR) is 132 cm³/mol. The maximum atomic E-state index is 12.7. The van der Waals surface area contributed by atoms with E-state index in [4.69, 9.17) is 21.1 Å². The number of carbonyl (C=O) groups is 3. The van der Waals surface area contributed by atoms with E-state index in [-0.39, 0.29) is 23.6 Å². The number of H-pyrrole nitrogens is 1. The average Bonchev–Trinajstić information content (AvgIpc) is 3.29. The molecule has 2 aromatic carbocycles. The van der Waals surface area contributed by atoms with Crippen LogP contribution in [0.4, 0.5) is 5.69 Å². The first-order chi connectivity index (χ1) is 17.2. The van der Waals surface area contributed by atoms with Crippen LogP contribution in [-0.2, 0) is 25.5 Å². The summed E-state index contributed by atoms with van der Waals surface area (Å²) in [4.78, 5) is 49.9. The van der Waals surface area contributed by atoms with Crippen molar-refractivity contribution < 1.29 is 33.5 Å². The number of amides is 1. The van der Waals surface area contributed by atoms with Crippen LogP contribution in [0.25, 0.3) is 10.9 Å². The Hall–Kier alpha value is -4.12. The molecule has 0 aliphatic heterocycles. The number of esters is 2. The molecule has 12 heteroatoms. The molecule has 11 nitrogen and oxygen atoms in total. The van der Waals surface area contributed by atoms with Gasteiger partial charge in [0.15, 0.2) is 6.61 Å². The van der Waals surface area contributed by atoms with E-state index in [2.05, 4.69) is 15.0 Å². The lowest BCUT2D eigenvalue weighted by atomic mass is 10.0. The highest BCUT2D eigenvalue weighted by molar-refractivity contribution is 6.32. The van der Waals surface area contributed by atoms with E-state index in [1.807, 2.05) is 13.8 Å². The molecule has 36 heavy (non-hydrogen) atoms. The van der Waals surface area contributed by atoms with E-state index >= 15 is 0 Å². The van der Waals surface area contributed by atoms with Gasteiger partial charge in [-0.1, -0.05) is 25.4 Å². The maximum Gasteiger partial charge on any atom is 0.343 e. The number of hydrogen-bond acceptors (Lipinski definition) is 8. The minimum atomic E-state index is -1.09. The standard InChI is InChI=1S/C22H20ClN3O8.C2H6/c1-32-20(27)11-34-14-4-6-17-15(9-14)13(10-24-17)7-18(22(29)33-2)25-21(28)12-3-5-16(23)19(8-12)26(30)31;1-2/h3-6,8-10,18,24H,7,11H2,1-2H3,(H,25,28);1-2H3/t18-;/m0./s1. The number of fused-ring (bicyclic) bond motifs is 1. The summed E-state index contributed by atoms with van der Waals surface area (Å²) in [5, 5.41) is 14.2. The number of aromatic nitrogens is 1. The molecular formula is C24H26ClN3O8. The summed E-state index contributed by atoms with van der Waals surface area (Å²) in [6.07, 6.45) is 1.72. The van der Waals surface area contributed by atoms with Crippen LogP contribution in [0.5, 0.6) is 5.75 Å². The van der Waals surface area contributed by atoms with Gasteiger partial charge in [0.25, 0.3) is 11.6 Å². The molecule has 0 spiro atoms. The number of benzene rings is 2. The molecule has 0 saturated carbocycles. The molecule has 0 fully saturated rings. The van der Waals surface area contributed by atoms with E-state index in [1.165, 1.54) is 26.4 Å². The summed E-state index contributed by atoms with van der Waals surface area (Å²) in [6.45, 7) is 3.73. The highest BCUT2D eigenvalue weighted by Gasteiger charge is 2.25. The Labute approximate surface area is 211 Å². The summed E-state index contributed by atoms with van der Waals surface area (Å²) >= 11 is 5.80. The summed E-state index contributed by atoms with van der Waals surface area (Å²) in [6, 6.07) is 7.58. The number of nitrogens with one attached hydrogen (secondary N) is 2. The van der Waals surface area contributed by atoms with Gasteiger partial charge < -0.3 is 24.5 Å². The van der Waals surface area contributed by atoms with Gasteiger partial charge in [-0.05, 0) is 35.9 Å². The van der Waals surface area contributed by atoms with E-state index in [1.54, 1.807) is 24.4 Å². The minimum Gasteiger partial charge on any atom is -0.482 e. The van der Waals surface area contributed by atoms with Crippen molar-refractivity contribution in [2.75, 3.05) is 20.8 Å². The van der Waals surface area contributed by atoms with E-state index in [0.717, 1.165) is 11.6 Å². The summed E-state index contributed by atoms with van der Waals surface area (Å²) in [7, 11) is 2.44. The molecule has 1 amide bonds. The normalized spacial score (nSPS) is 11.0. The molecule has 192 valence electrons. The predicted octanol–water partition coefficient (Wildman–Crippen LogP) is 3.82. The molecule has 2 N–H and O–H groups in total. The quantitative estimate of drug-likeness (QED) is 0.246. The number of nitro benzene ring substituents is 1. The zero-order valence-corrected chi connectivity index (χ0v) is 20.9. The van der Waals surface area contributed by atoms with Crippen molar-refractivity contribution in [3.8, 4) is 5.75 Å². The SMILES string of the molecule is CC.COC(=O)COc1ccc2[nH]cc(C[C@H](NC(=O)c3ccc(Cl)c([N+](=O)[O-])c3)C(=O)OC)c2c1. The Kier molecular flexibility index (Phi) is 10.2. The van der Waals surface area contributed by atoms with Crippen LogP contribution in [0.3, 0.4) is 0 Å². The molecule has 0 unspecified atom stereocenters. The molecule has 3 rings (SSSR count). The molecule has 1 atom stereocenters. The first-order valence-electron chi connectivity index (χ1n) is 10.9. The molecule has 0 saturated heterocycles. The second kappa shape index (κ2) is 13.1. The Bertz CT molecular complexity index is 1260. The fraction of sp³-hybridized carbons (Fsp3) is 0.292. The third-order valence-corrected chi connectivity index (χ3v) is 5.26. The highest BCUT2D eigenvalue weighted by Crippen LogP contribution is 2.26. The van der Waals surface area contributed by atoms with Gasteiger partial charge in [-0.25, -0.2) is 9.59 Å². The van der Waals surface area contributed by atoms with Crippen LogP contribution in [0, 0.1) is 10.1 Å². The van der Waals surface area contributed by atoms with Crippen molar-refractivity contribution in [1.82, 2.24) is 10.3 Å². The van der Waals surface area contributed by atoms with Crippen molar-refractivity contribution in [3.63, 3.8) is 0 Å². The Balaban J connectivity index is 0.00000222. The van der Waals surface area contributed by atoms with Crippen LogP contribution in [0.2, 0.25) is 5.02 Å². The molecule has 3 aromatic rings. The lowest BCUT2D eigenvalue weighted by Crippen LogP contribution is -2.43. The molecule has 0 radical (unpaired) electrons. The molecule has 0 bridgehead atoms. The third kappa shape index (κ3) is 6.95. The summed E-state index contributed by atoms with van der Waals surface area (Å²) in [5.41, 5.74) is 0.933. The number of methoxy groups -OCH3 is 2. The Morgan fingerprint density at radius 2 is 1.83 bits per heavy atom. The molecule has 1 heterocycles. The van der Waals surface area contributed by atoms with Crippen LogP contribution in [0.1, 0.15) is 29.8 Å². The van der Waals surface area contributed by atoms with Crippen LogP contribution in [0.15, 0.2) is 42.6 Å². The topological polar surface area (TPSA) is 150 Å². The third-order valence-electron chi connectivity index (χ3n) is 4.94. The number of hydrogen-bond donors (Lipinski definition) is 2. The van der Waals surface area contributed by atoms with E-state index in [0.29, 0.717) is 16.7 Å². The molecule has 0 aliphatic rings. The fourth-order valence-corrected chi connectivity index (χ4v) is 3.39.